The molecule has 6 heteroatoms. The van der Waals surface area contributed by atoms with Gasteiger partial charge in [0.15, 0.2) is 5.82 Å². The minimum Gasteiger partial charge on any atom is -0.386 e. The molecule has 1 aliphatic heterocycles. The molecule has 78 valence electrons. The molecule has 1 saturated heterocycles. The zero-order valence-electron chi connectivity index (χ0n) is 7.99. The predicted molar refractivity (Wildman–Crippen MR) is 47.9 cm³/mol. The number of aryl methyl sites for hydroxylation is 1. The number of rotatable bonds is 3. The summed E-state index contributed by atoms with van der Waals surface area (Å²) < 4.78 is 9.94. The van der Waals surface area contributed by atoms with Crippen LogP contribution in [0.3, 0.4) is 0 Å². The molecule has 6 nitrogen and oxygen atoms in total. The van der Waals surface area contributed by atoms with E-state index >= 15 is 0 Å². The van der Waals surface area contributed by atoms with E-state index < -0.39 is 5.60 Å². The lowest BCUT2D eigenvalue weighted by Gasteiger charge is -2.19. The van der Waals surface area contributed by atoms with Gasteiger partial charge >= 0.3 is 6.01 Å². The number of aromatic nitrogens is 2. The highest BCUT2D eigenvalue weighted by molar-refractivity contribution is 5.19. The standard InChI is InChI=1S/C8H13N3O3/c1-6-10-7(14-11-6)9-4-8(12)2-3-13-5-8/h12H,2-5H2,1H3,(H,9,10,11). The number of anilines is 1. The first-order valence-electron chi connectivity index (χ1n) is 4.52. The molecule has 14 heavy (non-hydrogen) atoms. The molecule has 0 aliphatic carbocycles. The molecule has 0 spiro atoms. The number of aliphatic hydroxyl groups is 1. The van der Waals surface area contributed by atoms with Gasteiger partial charge in [0, 0.05) is 13.0 Å². The van der Waals surface area contributed by atoms with Gasteiger partial charge in [-0.15, -0.1) is 0 Å². The Bertz CT molecular complexity index is 307. The highest BCUT2D eigenvalue weighted by atomic mass is 16.5. The maximum absolute atomic E-state index is 9.88. The van der Waals surface area contributed by atoms with Crippen LogP contribution in [0.25, 0.3) is 0 Å². The Morgan fingerprint density at radius 3 is 3.07 bits per heavy atom. The molecular formula is C8H13N3O3. The predicted octanol–water partition coefficient (Wildman–Crippen LogP) is -0.0587. The molecule has 1 atom stereocenters. The highest BCUT2D eigenvalue weighted by Crippen LogP contribution is 2.18. The van der Waals surface area contributed by atoms with Gasteiger partial charge in [0.2, 0.25) is 0 Å². The number of nitrogens with one attached hydrogen (secondary N) is 1. The first kappa shape index (κ1) is 9.42. The van der Waals surface area contributed by atoms with Crippen LogP contribution < -0.4 is 5.32 Å². The summed E-state index contributed by atoms with van der Waals surface area (Å²) in [5, 5.41) is 16.4. The minimum atomic E-state index is -0.803. The summed E-state index contributed by atoms with van der Waals surface area (Å²) in [5.74, 6) is 0.571. The van der Waals surface area contributed by atoms with E-state index in [1.54, 1.807) is 6.92 Å². The Morgan fingerprint density at radius 1 is 1.64 bits per heavy atom. The first-order valence-corrected chi connectivity index (χ1v) is 4.52. The van der Waals surface area contributed by atoms with Crippen molar-refractivity contribution < 1.29 is 14.4 Å². The molecule has 1 fully saturated rings. The van der Waals surface area contributed by atoms with Crippen LogP contribution in [0.1, 0.15) is 12.2 Å². The molecule has 0 radical (unpaired) electrons. The van der Waals surface area contributed by atoms with Gasteiger partial charge in [0.05, 0.1) is 13.2 Å². The largest absolute Gasteiger partial charge is 0.386 e. The molecule has 1 aromatic rings. The van der Waals surface area contributed by atoms with Crippen LogP contribution in [-0.4, -0.2) is 40.6 Å². The van der Waals surface area contributed by atoms with Crippen LogP contribution in [0.2, 0.25) is 0 Å². The van der Waals surface area contributed by atoms with Gasteiger partial charge in [0.25, 0.3) is 0 Å². The smallest absolute Gasteiger partial charge is 0.321 e. The van der Waals surface area contributed by atoms with Crippen molar-refractivity contribution >= 4 is 6.01 Å². The van der Waals surface area contributed by atoms with Gasteiger partial charge in [-0.2, -0.15) is 4.98 Å². The van der Waals surface area contributed by atoms with E-state index in [0.29, 0.717) is 38.0 Å². The lowest BCUT2D eigenvalue weighted by atomic mass is 10.0. The van der Waals surface area contributed by atoms with Gasteiger partial charge in [0.1, 0.15) is 5.60 Å². The van der Waals surface area contributed by atoms with E-state index in [0.717, 1.165) is 0 Å². The van der Waals surface area contributed by atoms with Crippen LogP contribution in [0.15, 0.2) is 4.52 Å². The zero-order chi connectivity index (χ0) is 10.0. The van der Waals surface area contributed by atoms with Crippen molar-refractivity contribution in [3.05, 3.63) is 5.82 Å². The summed E-state index contributed by atoms with van der Waals surface area (Å²) in [7, 11) is 0. The fourth-order valence-corrected chi connectivity index (χ4v) is 1.34. The number of hydrogen-bond acceptors (Lipinski definition) is 6. The quantitative estimate of drug-likeness (QED) is 0.710. The summed E-state index contributed by atoms with van der Waals surface area (Å²) in [6.45, 7) is 3.06. The van der Waals surface area contributed by atoms with Gasteiger partial charge in [-0.25, -0.2) is 0 Å². The summed E-state index contributed by atoms with van der Waals surface area (Å²) in [6.07, 6.45) is 0.632. The Labute approximate surface area is 81.3 Å². The lowest BCUT2D eigenvalue weighted by molar-refractivity contribution is 0.0377. The molecule has 2 heterocycles. The second-order valence-corrected chi connectivity index (χ2v) is 3.53. The fourth-order valence-electron chi connectivity index (χ4n) is 1.34. The molecule has 1 aliphatic rings. The average Bonchev–Trinajstić information content (AvgIpc) is 2.73. The first-order chi connectivity index (χ1) is 6.68. The summed E-state index contributed by atoms with van der Waals surface area (Å²) >= 11 is 0. The van der Waals surface area contributed by atoms with E-state index in [9.17, 15) is 5.11 Å². The monoisotopic (exact) mass is 199 g/mol. The third-order valence-electron chi connectivity index (χ3n) is 2.18. The molecule has 1 unspecified atom stereocenters. The molecule has 1 aromatic heterocycles. The van der Waals surface area contributed by atoms with Crippen molar-refractivity contribution in [1.82, 2.24) is 10.1 Å². The third kappa shape index (κ3) is 2.02. The van der Waals surface area contributed by atoms with E-state index in [1.807, 2.05) is 0 Å². The SMILES string of the molecule is Cc1noc(NCC2(O)CCOC2)n1. The molecule has 0 aromatic carbocycles. The van der Waals surface area contributed by atoms with Gasteiger partial charge < -0.3 is 19.7 Å². The Morgan fingerprint density at radius 2 is 2.50 bits per heavy atom. The van der Waals surface area contributed by atoms with Crippen LogP contribution in [0, 0.1) is 6.92 Å². The Balaban J connectivity index is 1.87. The van der Waals surface area contributed by atoms with E-state index in [2.05, 4.69) is 15.5 Å². The van der Waals surface area contributed by atoms with Crippen molar-refractivity contribution in [3.8, 4) is 0 Å². The molecule has 2 N–H and O–H groups in total. The summed E-state index contributed by atoms with van der Waals surface area (Å²) in [6, 6.07) is 0.336. The van der Waals surface area contributed by atoms with E-state index in [4.69, 9.17) is 9.26 Å². The molecule has 0 bridgehead atoms. The Hall–Kier alpha value is -1.14. The van der Waals surface area contributed by atoms with Crippen molar-refractivity contribution in [3.63, 3.8) is 0 Å². The van der Waals surface area contributed by atoms with Crippen molar-refractivity contribution in [2.75, 3.05) is 25.1 Å². The number of hydrogen-bond donors (Lipinski definition) is 2. The fraction of sp³-hybridized carbons (Fsp3) is 0.750. The third-order valence-corrected chi connectivity index (χ3v) is 2.18. The second-order valence-electron chi connectivity index (χ2n) is 3.53. The van der Waals surface area contributed by atoms with Gasteiger partial charge in [-0.05, 0) is 6.92 Å². The van der Waals surface area contributed by atoms with Crippen LogP contribution in [0.4, 0.5) is 6.01 Å². The summed E-state index contributed by atoms with van der Waals surface area (Å²) in [4.78, 5) is 3.96. The summed E-state index contributed by atoms with van der Waals surface area (Å²) in [5.41, 5.74) is -0.803. The number of nitrogens with zero attached hydrogens (tertiary/aromatic N) is 2. The van der Waals surface area contributed by atoms with Crippen LogP contribution in [0.5, 0.6) is 0 Å². The maximum Gasteiger partial charge on any atom is 0.321 e. The molecule has 2 rings (SSSR count). The topological polar surface area (TPSA) is 80.4 Å². The highest BCUT2D eigenvalue weighted by Gasteiger charge is 2.32. The van der Waals surface area contributed by atoms with Crippen LogP contribution >= 0.6 is 0 Å². The van der Waals surface area contributed by atoms with Gasteiger partial charge in [-0.1, -0.05) is 5.16 Å². The normalized spacial score (nSPS) is 26.7. The molecule has 0 saturated carbocycles. The second kappa shape index (κ2) is 3.55. The van der Waals surface area contributed by atoms with Crippen molar-refractivity contribution in [2.45, 2.75) is 18.9 Å². The molecular weight excluding hydrogens is 186 g/mol. The zero-order valence-corrected chi connectivity index (χ0v) is 7.99. The number of ether oxygens (including phenoxy) is 1. The van der Waals surface area contributed by atoms with E-state index in [1.165, 1.54) is 0 Å². The van der Waals surface area contributed by atoms with E-state index in [-0.39, 0.29) is 0 Å². The minimum absolute atomic E-state index is 0.336. The Kier molecular flexibility index (Phi) is 2.39. The average molecular weight is 199 g/mol. The van der Waals surface area contributed by atoms with Gasteiger partial charge in [-0.3, -0.25) is 0 Å². The van der Waals surface area contributed by atoms with Crippen molar-refractivity contribution in [1.29, 1.82) is 0 Å². The maximum atomic E-state index is 9.88. The van der Waals surface area contributed by atoms with Crippen LogP contribution in [-0.2, 0) is 4.74 Å². The lowest BCUT2D eigenvalue weighted by Crippen LogP contribution is -2.37. The van der Waals surface area contributed by atoms with Crippen molar-refractivity contribution in [2.24, 2.45) is 0 Å². The molecule has 0 amide bonds.